The first kappa shape index (κ1) is 15.7. The van der Waals surface area contributed by atoms with Crippen molar-refractivity contribution in [2.24, 2.45) is 5.10 Å². The van der Waals surface area contributed by atoms with Crippen molar-refractivity contribution < 1.29 is 0 Å². The van der Waals surface area contributed by atoms with Crippen molar-refractivity contribution in [1.82, 2.24) is 0 Å². The van der Waals surface area contributed by atoms with E-state index in [4.69, 9.17) is 28.3 Å². The number of para-hydroxylation sites is 1. The number of halogens is 2. The van der Waals surface area contributed by atoms with E-state index in [1.54, 1.807) is 17.4 Å². The van der Waals surface area contributed by atoms with Gasteiger partial charge in [-0.25, -0.2) is 0 Å². The Kier molecular flexibility index (Phi) is 4.31. The molecule has 0 bridgehead atoms. The lowest BCUT2D eigenvalue weighted by Crippen LogP contribution is -2.18. The van der Waals surface area contributed by atoms with Crippen LogP contribution in [0.5, 0.6) is 0 Å². The molecular formula is C19H14Cl2N2S. The number of hydrogen-bond donors (Lipinski definition) is 0. The van der Waals surface area contributed by atoms with Crippen molar-refractivity contribution >= 4 is 45.9 Å². The summed E-state index contributed by atoms with van der Waals surface area (Å²) in [7, 11) is 0. The molecular weight excluding hydrogens is 359 g/mol. The molecule has 0 amide bonds. The minimum Gasteiger partial charge on any atom is -0.257 e. The quantitative estimate of drug-likeness (QED) is 0.518. The molecule has 0 unspecified atom stereocenters. The molecule has 1 aliphatic heterocycles. The summed E-state index contributed by atoms with van der Waals surface area (Å²) in [6.07, 6.45) is 0.816. The highest BCUT2D eigenvalue weighted by Gasteiger charge is 2.31. The number of rotatable bonds is 3. The van der Waals surface area contributed by atoms with Gasteiger partial charge in [-0.15, -0.1) is 11.3 Å². The molecule has 0 saturated carbocycles. The van der Waals surface area contributed by atoms with Gasteiger partial charge in [0.15, 0.2) is 0 Å². The second-order valence-electron chi connectivity index (χ2n) is 5.59. The van der Waals surface area contributed by atoms with E-state index >= 15 is 0 Å². The highest BCUT2D eigenvalue weighted by Crippen LogP contribution is 2.40. The summed E-state index contributed by atoms with van der Waals surface area (Å²) in [6.45, 7) is 0. The third kappa shape index (κ3) is 2.95. The Morgan fingerprint density at radius 3 is 2.54 bits per heavy atom. The molecule has 120 valence electrons. The molecule has 0 aliphatic carbocycles. The van der Waals surface area contributed by atoms with Crippen LogP contribution in [0.4, 0.5) is 5.69 Å². The van der Waals surface area contributed by atoms with Crippen LogP contribution in [0.2, 0.25) is 10.0 Å². The second-order valence-corrected chi connectivity index (χ2v) is 7.38. The first-order chi connectivity index (χ1) is 11.7. The lowest BCUT2D eigenvalue weighted by Gasteiger charge is -2.24. The van der Waals surface area contributed by atoms with Crippen LogP contribution in [0.15, 0.2) is 71.1 Å². The summed E-state index contributed by atoms with van der Waals surface area (Å²) >= 11 is 14.2. The van der Waals surface area contributed by atoms with Gasteiger partial charge in [0, 0.05) is 16.5 Å². The minimum atomic E-state index is 0.0641. The molecule has 4 rings (SSSR count). The van der Waals surface area contributed by atoms with Crippen molar-refractivity contribution in [3.8, 4) is 0 Å². The first-order valence-electron chi connectivity index (χ1n) is 7.63. The fourth-order valence-corrected chi connectivity index (χ4v) is 4.19. The molecule has 0 fully saturated rings. The van der Waals surface area contributed by atoms with Gasteiger partial charge in [-0.2, -0.15) is 5.10 Å². The van der Waals surface area contributed by atoms with E-state index < -0.39 is 0 Å². The molecule has 1 aliphatic rings. The van der Waals surface area contributed by atoms with Crippen molar-refractivity contribution in [3.05, 3.63) is 86.5 Å². The van der Waals surface area contributed by atoms with E-state index in [-0.39, 0.29) is 6.04 Å². The largest absolute Gasteiger partial charge is 0.257 e. The van der Waals surface area contributed by atoms with E-state index in [0.717, 1.165) is 23.4 Å². The average molecular weight is 373 g/mol. The highest BCUT2D eigenvalue weighted by atomic mass is 35.5. The van der Waals surface area contributed by atoms with Gasteiger partial charge in [0.1, 0.15) is 0 Å². The number of anilines is 1. The fourth-order valence-electron chi connectivity index (χ4n) is 2.93. The van der Waals surface area contributed by atoms with Crippen LogP contribution in [0, 0.1) is 0 Å². The topological polar surface area (TPSA) is 15.6 Å². The zero-order valence-electron chi connectivity index (χ0n) is 12.7. The zero-order chi connectivity index (χ0) is 16.5. The molecule has 0 radical (unpaired) electrons. The maximum Gasteiger partial charge on any atom is 0.0846 e. The SMILES string of the molecule is Clc1ccc([C@@H]2CC(c3cccs3)=NN2c2ccccc2)c(Cl)c1. The van der Waals surface area contributed by atoms with Crippen LogP contribution >= 0.6 is 34.5 Å². The van der Waals surface area contributed by atoms with Crippen LogP contribution in [0.25, 0.3) is 0 Å². The van der Waals surface area contributed by atoms with Gasteiger partial charge in [-0.3, -0.25) is 5.01 Å². The Hall–Kier alpha value is -1.81. The third-order valence-corrected chi connectivity index (χ3v) is 5.54. The van der Waals surface area contributed by atoms with E-state index in [1.807, 2.05) is 30.3 Å². The zero-order valence-corrected chi connectivity index (χ0v) is 15.0. The summed E-state index contributed by atoms with van der Waals surface area (Å²) < 4.78 is 0. The van der Waals surface area contributed by atoms with Gasteiger partial charge >= 0.3 is 0 Å². The van der Waals surface area contributed by atoms with Crippen LogP contribution in [-0.2, 0) is 0 Å². The van der Waals surface area contributed by atoms with Gasteiger partial charge in [-0.05, 0) is 41.3 Å². The van der Waals surface area contributed by atoms with E-state index in [0.29, 0.717) is 10.0 Å². The summed E-state index contributed by atoms with van der Waals surface area (Å²) in [5, 5.41) is 10.3. The Morgan fingerprint density at radius 1 is 1.00 bits per heavy atom. The van der Waals surface area contributed by atoms with Crippen LogP contribution in [-0.4, -0.2) is 5.71 Å². The molecule has 0 spiro atoms. The summed E-state index contributed by atoms with van der Waals surface area (Å²) in [4.78, 5) is 1.20. The first-order valence-corrected chi connectivity index (χ1v) is 9.26. The molecule has 5 heteroatoms. The molecule has 3 aromatic rings. The Bertz CT molecular complexity index is 876. The smallest absolute Gasteiger partial charge is 0.0846 e. The monoisotopic (exact) mass is 372 g/mol. The normalized spacial score (nSPS) is 17.2. The van der Waals surface area contributed by atoms with Gasteiger partial charge < -0.3 is 0 Å². The summed E-state index contributed by atoms with van der Waals surface area (Å²) in [6, 6.07) is 20.1. The average Bonchev–Trinajstić information content (AvgIpc) is 3.25. The lowest BCUT2D eigenvalue weighted by atomic mass is 10.0. The van der Waals surface area contributed by atoms with E-state index in [2.05, 4.69) is 34.7 Å². The van der Waals surface area contributed by atoms with Crippen molar-refractivity contribution in [2.75, 3.05) is 5.01 Å². The van der Waals surface area contributed by atoms with E-state index in [1.165, 1.54) is 4.88 Å². The molecule has 2 heterocycles. The summed E-state index contributed by atoms with van der Waals surface area (Å²) in [5.74, 6) is 0. The maximum atomic E-state index is 6.48. The minimum absolute atomic E-state index is 0.0641. The number of hydrazone groups is 1. The molecule has 24 heavy (non-hydrogen) atoms. The van der Waals surface area contributed by atoms with Crippen LogP contribution < -0.4 is 5.01 Å². The van der Waals surface area contributed by atoms with Gasteiger partial charge in [0.25, 0.3) is 0 Å². The Morgan fingerprint density at radius 2 is 1.83 bits per heavy atom. The maximum absolute atomic E-state index is 6.48. The molecule has 1 aromatic heterocycles. The highest BCUT2D eigenvalue weighted by molar-refractivity contribution is 7.12. The summed E-state index contributed by atoms with van der Waals surface area (Å²) in [5.41, 5.74) is 3.19. The predicted octanol–water partition coefficient (Wildman–Crippen LogP) is 6.41. The van der Waals surface area contributed by atoms with E-state index in [9.17, 15) is 0 Å². The molecule has 2 nitrogen and oxygen atoms in total. The predicted molar refractivity (Wildman–Crippen MR) is 104 cm³/mol. The third-order valence-electron chi connectivity index (χ3n) is 4.06. The molecule has 0 N–H and O–H groups in total. The van der Waals surface area contributed by atoms with Gasteiger partial charge in [-0.1, -0.05) is 53.5 Å². The fraction of sp³-hybridized carbons (Fsp3) is 0.105. The van der Waals surface area contributed by atoms with Crippen LogP contribution in [0.3, 0.4) is 0 Å². The molecule has 2 aromatic carbocycles. The number of thiophene rings is 1. The van der Waals surface area contributed by atoms with Gasteiger partial charge in [0.05, 0.1) is 22.3 Å². The van der Waals surface area contributed by atoms with Gasteiger partial charge in [0.2, 0.25) is 0 Å². The lowest BCUT2D eigenvalue weighted by molar-refractivity contribution is 0.709. The van der Waals surface area contributed by atoms with Crippen molar-refractivity contribution in [3.63, 3.8) is 0 Å². The number of nitrogens with zero attached hydrogens (tertiary/aromatic N) is 2. The standard InChI is InChI=1S/C19H14Cl2N2S/c20-13-8-9-15(16(21)11-13)18-12-17(19-7-4-10-24-19)22-23(18)14-5-2-1-3-6-14/h1-11,18H,12H2/t18-/m0/s1. The van der Waals surface area contributed by atoms with Crippen molar-refractivity contribution in [1.29, 1.82) is 0 Å². The van der Waals surface area contributed by atoms with Crippen molar-refractivity contribution in [2.45, 2.75) is 12.5 Å². The molecule has 1 atom stereocenters. The second kappa shape index (κ2) is 6.60. The number of benzene rings is 2. The Balaban J connectivity index is 1.78. The molecule has 0 saturated heterocycles. The van der Waals surface area contributed by atoms with Crippen LogP contribution in [0.1, 0.15) is 22.9 Å². The Labute approximate surface area is 155 Å². The number of hydrogen-bond acceptors (Lipinski definition) is 3.